The third kappa shape index (κ3) is 2.38. The average molecular weight is 294 g/mol. The molecule has 0 aliphatic carbocycles. The maximum absolute atomic E-state index is 4.45. The largest absolute Gasteiger partial charge is 0.330 e. The molecule has 0 radical (unpaired) electrons. The van der Waals surface area contributed by atoms with Crippen molar-refractivity contribution in [1.29, 1.82) is 0 Å². The van der Waals surface area contributed by atoms with Gasteiger partial charge in [-0.25, -0.2) is 4.98 Å². The number of nitrogens with zero attached hydrogens (tertiary/aromatic N) is 2. The first-order valence-corrected chi connectivity index (χ1v) is 6.93. The number of benzene rings is 1. The summed E-state index contributed by atoms with van der Waals surface area (Å²) in [5, 5.41) is 3.46. The van der Waals surface area contributed by atoms with Crippen molar-refractivity contribution in [2.45, 2.75) is 19.4 Å². The van der Waals surface area contributed by atoms with E-state index in [4.69, 9.17) is 0 Å². The van der Waals surface area contributed by atoms with E-state index in [1.807, 2.05) is 12.4 Å². The Morgan fingerprint density at radius 1 is 1.47 bits per heavy atom. The van der Waals surface area contributed by atoms with Gasteiger partial charge in [0.2, 0.25) is 0 Å². The summed E-state index contributed by atoms with van der Waals surface area (Å²) in [7, 11) is 0. The zero-order valence-corrected chi connectivity index (χ0v) is 11.3. The molecule has 1 saturated heterocycles. The second kappa shape index (κ2) is 4.78. The van der Waals surface area contributed by atoms with Crippen molar-refractivity contribution in [2.24, 2.45) is 5.92 Å². The second-order valence-electron chi connectivity index (χ2n) is 4.74. The number of aromatic nitrogens is 2. The first-order valence-electron chi connectivity index (χ1n) is 6.14. The molecule has 0 spiro atoms. The maximum Gasteiger partial charge on any atom is 0.0958 e. The van der Waals surface area contributed by atoms with E-state index in [-0.39, 0.29) is 0 Å². The Morgan fingerprint density at radius 3 is 3.24 bits per heavy atom. The molecule has 0 amide bonds. The van der Waals surface area contributed by atoms with Gasteiger partial charge in [-0.1, -0.05) is 15.9 Å². The van der Waals surface area contributed by atoms with Gasteiger partial charge in [-0.3, -0.25) is 0 Å². The van der Waals surface area contributed by atoms with Crippen LogP contribution in [0.4, 0.5) is 0 Å². The average Bonchev–Trinajstić information content (AvgIpc) is 2.73. The zero-order chi connectivity index (χ0) is 11.7. The number of imidazole rings is 1. The number of hydrogen-bond donors (Lipinski definition) is 1. The summed E-state index contributed by atoms with van der Waals surface area (Å²) in [6.07, 6.45) is 4.58. The highest BCUT2D eigenvalue weighted by molar-refractivity contribution is 9.10. The van der Waals surface area contributed by atoms with Crippen LogP contribution in [0.2, 0.25) is 0 Å². The van der Waals surface area contributed by atoms with Crippen LogP contribution in [0.1, 0.15) is 12.8 Å². The highest BCUT2D eigenvalue weighted by Crippen LogP contribution is 2.21. The Labute approximate surface area is 109 Å². The standard InChI is InChI=1S/C13H16BrN3/c14-11-3-4-12-13(6-11)17(9-16-12)8-10-2-1-5-15-7-10/h3-4,6,9-10,15H,1-2,5,7-8H2. The van der Waals surface area contributed by atoms with Crippen molar-refractivity contribution in [1.82, 2.24) is 14.9 Å². The third-order valence-corrected chi connectivity index (χ3v) is 3.93. The van der Waals surface area contributed by atoms with E-state index < -0.39 is 0 Å². The highest BCUT2D eigenvalue weighted by Gasteiger charge is 2.14. The Bertz CT molecular complexity index is 514. The molecule has 4 heteroatoms. The van der Waals surface area contributed by atoms with Crippen molar-refractivity contribution >= 4 is 27.0 Å². The van der Waals surface area contributed by atoms with Gasteiger partial charge in [0.1, 0.15) is 0 Å². The van der Waals surface area contributed by atoms with E-state index in [0.29, 0.717) is 0 Å². The predicted molar refractivity (Wildman–Crippen MR) is 73.0 cm³/mol. The van der Waals surface area contributed by atoms with E-state index in [0.717, 1.165) is 29.0 Å². The molecule has 0 saturated carbocycles. The minimum atomic E-state index is 0.736. The molecule has 1 N–H and O–H groups in total. The first kappa shape index (κ1) is 11.2. The second-order valence-corrected chi connectivity index (χ2v) is 5.66. The van der Waals surface area contributed by atoms with E-state index in [2.05, 4.69) is 42.9 Å². The molecule has 1 unspecified atom stereocenters. The highest BCUT2D eigenvalue weighted by atomic mass is 79.9. The molecule has 0 bridgehead atoms. The van der Waals surface area contributed by atoms with Crippen LogP contribution in [-0.4, -0.2) is 22.6 Å². The Kier molecular flexibility index (Phi) is 3.16. The van der Waals surface area contributed by atoms with Gasteiger partial charge >= 0.3 is 0 Å². The molecule has 2 heterocycles. The topological polar surface area (TPSA) is 29.9 Å². The van der Waals surface area contributed by atoms with Crippen LogP contribution in [0.15, 0.2) is 29.0 Å². The maximum atomic E-state index is 4.45. The fourth-order valence-electron chi connectivity index (χ4n) is 2.53. The molecule has 1 aliphatic rings. The van der Waals surface area contributed by atoms with Crippen LogP contribution in [0.25, 0.3) is 11.0 Å². The van der Waals surface area contributed by atoms with Gasteiger partial charge in [-0.05, 0) is 50.0 Å². The Morgan fingerprint density at radius 2 is 2.41 bits per heavy atom. The van der Waals surface area contributed by atoms with Crippen molar-refractivity contribution in [3.8, 4) is 0 Å². The zero-order valence-electron chi connectivity index (χ0n) is 9.69. The minimum Gasteiger partial charge on any atom is -0.330 e. The van der Waals surface area contributed by atoms with Crippen LogP contribution in [0.3, 0.4) is 0 Å². The van der Waals surface area contributed by atoms with Gasteiger partial charge in [0.25, 0.3) is 0 Å². The molecule has 17 heavy (non-hydrogen) atoms. The molecule has 3 rings (SSSR count). The smallest absolute Gasteiger partial charge is 0.0958 e. The molecule has 1 aromatic carbocycles. The number of piperidine rings is 1. The number of nitrogens with one attached hydrogen (secondary N) is 1. The van der Waals surface area contributed by atoms with Crippen molar-refractivity contribution in [3.63, 3.8) is 0 Å². The van der Waals surface area contributed by atoms with E-state index in [1.165, 1.54) is 24.9 Å². The SMILES string of the molecule is Brc1ccc2ncn(CC3CCCNC3)c2c1. The van der Waals surface area contributed by atoms with Crippen molar-refractivity contribution < 1.29 is 0 Å². The van der Waals surface area contributed by atoms with Gasteiger partial charge in [0.15, 0.2) is 0 Å². The Hall–Kier alpha value is -0.870. The normalized spacial score (nSPS) is 20.9. The van der Waals surface area contributed by atoms with Crippen LogP contribution in [0.5, 0.6) is 0 Å². The lowest BCUT2D eigenvalue weighted by atomic mass is 10.00. The molecule has 1 aromatic heterocycles. The number of halogens is 1. The monoisotopic (exact) mass is 293 g/mol. The number of fused-ring (bicyclic) bond motifs is 1. The summed E-state index contributed by atoms with van der Waals surface area (Å²) in [6.45, 7) is 3.38. The fourth-order valence-corrected chi connectivity index (χ4v) is 2.88. The summed E-state index contributed by atoms with van der Waals surface area (Å²) < 4.78 is 3.39. The van der Waals surface area contributed by atoms with Gasteiger partial charge in [-0.2, -0.15) is 0 Å². The van der Waals surface area contributed by atoms with Crippen molar-refractivity contribution in [3.05, 3.63) is 29.0 Å². The quantitative estimate of drug-likeness (QED) is 0.923. The van der Waals surface area contributed by atoms with E-state index in [9.17, 15) is 0 Å². The van der Waals surface area contributed by atoms with Crippen LogP contribution in [-0.2, 0) is 6.54 Å². The molecular formula is C13H16BrN3. The van der Waals surface area contributed by atoms with Gasteiger partial charge < -0.3 is 9.88 Å². The van der Waals surface area contributed by atoms with Crippen molar-refractivity contribution in [2.75, 3.05) is 13.1 Å². The molecular weight excluding hydrogens is 278 g/mol. The van der Waals surface area contributed by atoms with E-state index >= 15 is 0 Å². The van der Waals surface area contributed by atoms with Gasteiger partial charge in [0, 0.05) is 11.0 Å². The summed E-state index contributed by atoms with van der Waals surface area (Å²) in [4.78, 5) is 4.45. The first-order chi connectivity index (χ1) is 8.33. The van der Waals surface area contributed by atoms with Crippen LogP contribution < -0.4 is 5.32 Å². The lowest BCUT2D eigenvalue weighted by molar-refractivity contribution is 0.340. The fraction of sp³-hybridized carbons (Fsp3) is 0.462. The summed E-state index contributed by atoms with van der Waals surface area (Å²) >= 11 is 3.52. The van der Waals surface area contributed by atoms with E-state index in [1.54, 1.807) is 0 Å². The molecule has 1 atom stereocenters. The number of hydrogen-bond acceptors (Lipinski definition) is 2. The summed E-state index contributed by atoms with van der Waals surface area (Å²) in [5.74, 6) is 0.736. The van der Waals surface area contributed by atoms with Crippen LogP contribution in [0, 0.1) is 5.92 Å². The lowest BCUT2D eigenvalue weighted by Crippen LogP contribution is -2.32. The minimum absolute atomic E-state index is 0.736. The number of rotatable bonds is 2. The Balaban J connectivity index is 1.86. The van der Waals surface area contributed by atoms with Gasteiger partial charge in [0.05, 0.1) is 17.4 Å². The molecule has 90 valence electrons. The molecule has 1 fully saturated rings. The van der Waals surface area contributed by atoms with Gasteiger partial charge in [-0.15, -0.1) is 0 Å². The lowest BCUT2D eigenvalue weighted by Gasteiger charge is -2.23. The molecule has 2 aromatic rings. The van der Waals surface area contributed by atoms with Crippen LogP contribution >= 0.6 is 15.9 Å². The third-order valence-electron chi connectivity index (χ3n) is 3.44. The summed E-state index contributed by atoms with van der Waals surface area (Å²) in [5.41, 5.74) is 2.31. The molecule has 1 aliphatic heterocycles. The predicted octanol–water partition coefficient (Wildman–Crippen LogP) is 2.80. The summed E-state index contributed by atoms with van der Waals surface area (Å²) in [6, 6.07) is 6.26. The molecule has 3 nitrogen and oxygen atoms in total.